The molecule has 0 atom stereocenters. The lowest BCUT2D eigenvalue weighted by Gasteiger charge is -2.28. The number of benzene rings is 1. The molecule has 2 N–H and O–H groups in total. The molecule has 6 heteroatoms. The summed E-state index contributed by atoms with van der Waals surface area (Å²) in [6.07, 6.45) is 6.85. The molecule has 0 saturated carbocycles. The molecule has 0 aliphatic carbocycles. The summed E-state index contributed by atoms with van der Waals surface area (Å²) in [6, 6.07) is 8.71. The van der Waals surface area contributed by atoms with E-state index in [1.165, 1.54) is 38.0 Å². The number of nitrogens with one attached hydrogen (secondary N) is 2. The van der Waals surface area contributed by atoms with Gasteiger partial charge in [-0.2, -0.15) is 0 Å². The number of sulfonamides is 1. The minimum Gasteiger partial charge on any atom is -0.385 e. The number of piperidine rings is 1. The standard InChI is InChI=1S/C20H35N3O2S/c1-20(2,3)26(24,25)22-15-7-4-6-14-21-18-10-12-19(13-11-18)23-16-8-5-9-17-23/h10-13,21-22H,4-9,14-17H2,1-3H3. The molecule has 0 aromatic heterocycles. The second kappa shape index (κ2) is 9.60. The highest BCUT2D eigenvalue weighted by molar-refractivity contribution is 7.90. The lowest BCUT2D eigenvalue weighted by atomic mass is 10.1. The molecule has 5 nitrogen and oxygen atoms in total. The molecule has 1 aromatic carbocycles. The molecular weight excluding hydrogens is 346 g/mol. The number of rotatable bonds is 9. The first kappa shape index (κ1) is 21.0. The quantitative estimate of drug-likeness (QED) is 0.635. The van der Waals surface area contributed by atoms with Gasteiger partial charge in [-0.25, -0.2) is 13.1 Å². The average molecular weight is 382 g/mol. The number of hydrogen-bond acceptors (Lipinski definition) is 4. The van der Waals surface area contributed by atoms with Gasteiger partial charge in [-0.05, 0) is 77.1 Å². The van der Waals surface area contributed by atoms with Gasteiger partial charge in [0.05, 0.1) is 4.75 Å². The maximum absolute atomic E-state index is 11.9. The van der Waals surface area contributed by atoms with Crippen molar-refractivity contribution in [2.24, 2.45) is 0 Å². The summed E-state index contributed by atoms with van der Waals surface area (Å²) in [4.78, 5) is 2.46. The largest absolute Gasteiger partial charge is 0.385 e. The van der Waals surface area contributed by atoms with Crippen LogP contribution in [0.25, 0.3) is 0 Å². The topological polar surface area (TPSA) is 61.4 Å². The number of hydrogen-bond donors (Lipinski definition) is 2. The molecule has 148 valence electrons. The van der Waals surface area contributed by atoms with E-state index in [4.69, 9.17) is 0 Å². The van der Waals surface area contributed by atoms with E-state index in [2.05, 4.69) is 39.2 Å². The zero-order chi connectivity index (χ0) is 19.0. The molecule has 0 unspecified atom stereocenters. The zero-order valence-electron chi connectivity index (χ0n) is 16.6. The first-order chi connectivity index (χ1) is 12.3. The molecule has 0 spiro atoms. The van der Waals surface area contributed by atoms with E-state index in [9.17, 15) is 8.42 Å². The van der Waals surface area contributed by atoms with Gasteiger partial charge in [0.2, 0.25) is 10.0 Å². The van der Waals surface area contributed by atoms with Gasteiger partial charge in [0.25, 0.3) is 0 Å². The molecule has 1 aliphatic heterocycles. The Morgan fingerprint density at radius 1 is 0.923 bits per heavy atom. The van der Waals surface area contributed by atoms with Crippen molar-refractivity contribution >= 4 is 21.4 Å². The molecule has 1 heterocycles. The Balaban J connectivity index is 1.60. The highest BCUT2D eigenvalue weighted by atomic mass is 32.2. The Kier molecular flexibility index (Phi) is 7.77. The van der Waals surface area contributed by atoms with Crippen LogP contribution < -0.4 is 14.9 Å². The Bertz CT molecular complexity index is 630. The number of anilines is 2. The highest BCUT2D eigenvalue weighted by Crippen LogP contribution is 2.21. The van der Waals surface area contributed by atoms with Crippen molar-refractivity contribution in [2.75, 3.05) is 36.4 Å². The van der Waals surface area contributed by atoms with Crippen molar-refractivity contribution in [3.63, 3.8) is 0 Å². The maximum Gasteiger partial charge on any atom is 0.216 e. The smallest absolute Gasteiger partial charge is 0.216 e. The van der Waals surface area contributed by atoms with Crippen LogP contribution in [0.3, 0.4) is 0 Å². The second-order valence-corrected chi connectivity index (χ2v) is 10.6. The monoisotopic (exact) mass is 381 g/mol. The van der Waals surface area contributed by atoms with E-state index in [0.29, 0.717) is 6.54 Å². The summed E-state index contributed by atoms with van der Waals surface area (Å²) in [7, 11) is -3.22. The van der Waals surface area contributed by atoms with Crippen molar-refractivity contribution in [3.8, 4) is 0 Å². The van der Waals surface area contributed by atoms with Crippen LogP contribution in [0.2, 0.25) is 0 Å². The van der Waals surface area contributed by atoms with Crippen LogP contribution in [0, 0.1) is 0 Å². The van der Waals surface area contributed by atoms with Crippen LogP contribution in [0.4, 0.5) is 11.4 Å². The Labute approximate surface area is 159 Å². The van der Waals surface area contributed by atoms with Gasteiger partial charge in [-0.3, -0.25) is 0 Å². The van der Waals surface area contributed by atoms with Crippen molar-refractivity contribution in [1.29, 1.82) is 0 Å². The minimum absolute atomic E-state index is 0.518. The van der Waals surface area contributed by atoms with Gasteiger partial charge in [0, 0.05) is 37.6 Å². The zero-order valence-corrected chi connectivity index (χ0v) is 17.4. The van der Waals surface area contributed by atoms with E-state index >= 15 is 0 Å². The summed E-state index contributed by atoms with van der Waals surface area (Å²) in [5.41, 5.74) is 2.47. The molecule has 2 rings (SSSR count). The van der Waals surface area contributed by atoms with Gasteiger partial charge in [0.1, 0.15) is 0 Å². The molecular formula is C20H35N3O2S. The molecule has 0 radical (unpaired) electrons. The van der Waals surface area contributed by atoms with Gasteiger partial charge in [-0.1, -0.05) is 6.42 Å². The second-order valence-electron chi connectivity index (χ2n) is 8.09. The van der Waals surface area contributed by atoms with Crippen molar-refractivity contribution in [2.45, 2.75) is 64.0 Å². The number of nitrogens with zero attached hydrogens (tertiary/aromatic N) is 1. The lowest BCUT2D eigenvalue weighted by molar-refractivity contribution is 0.540. The van der Waals surface area contributed by atoms with E-state index in [1.54, 1.807) is 20.8 Å². The van der Waals surface area contributed by atoms with E-state index in [-0.39, 0.29) is 0 Å². The first-order valence-electron chi connectivity index (χ1n) is 9.88. The predicted octanol–water partition coefficient (Wildman–Crippen LogP) is 3.98. The predicted molar refractivity (Wildman–Crippen MR) is 112 cm³/mol. The number of unbranched alkanes of at least 4 members (excludes halogenated alkanes) is 2. The summed E-state index contributed by atoms with van der Waals surface area (Å²) in [5.74, 6) is 0. The van der Waals surface area contributed by atoms with Crippen LogP contribution in [0.15, 0.2) is 24.3 Å². The molecule has 0 amide bonds. The lowest BCUT2D eigenvalue weighted by Crippen LogP contribution is -2.39. The molecule has 1 fully saturated rings. The van der Waals surface area contributed by atoms with Crippen LogP contribution in [-0.2, 0) is 10.0 Å². The third kappa shape index (κ3) is 6.47. The fourth-order valence-corrected chi connectivity index (χ4v) is 3.87. The van der Waals surface area contributed by atoms with Gasteiger partial charge < -0.3 is 10.2 Å². The summed E-state index contributed by atoms with van der Waals surface area (Å²) in [5, 5.41) is 3.45. The van der Waals surface area contributed by atoms with Gasteiger partial charge >= 0.3 is 0 Å². The van der Waals surface area contributed by atoms with E-state index in [0.717, 1.165) is 31.5 Å². The van der Waals surface area contributed by atoms with Crippen LogP contribution in [-0.4, -0.2) is 39.3 Å². The summed E-state index contributed by atoms with van der Waals surface area (Å²) >= 11 is 0. The molecule has 1 saturated heterocycles. The maximum atomic E-state index is 11.9. The van der Waals surface area contributed by atoms with Crippen LogP contribution in [0.1, 0.15) is 59.3 Å². The van der Waals surface area contributed by atoms with Crippen LogP contribution >= 0.6 is 0 Å². The molecule has 1 aliphatic rings. The van der Waals surface area contributed by atoms with Crippen molar-refractivity contribution in [1.82, 2.24) is 4.72 Å². The first-order valence-corrected chi connectivity index (χ1v) is 11.4. The highest BCUT2D eigenvalue weighted by Gasteiger charge is 2.27. The molecule has 0 bridgehead atoms. The minimum atomic E-state index is -3.22. The Morgan fingerprint density at radius 3 is 2.15 bits per heavy atom. The average Bonchev–Trinajstić information content (AvgIpc) is 2.61. The van der Waals surface area contributed by atoms with E-state index < -0.39 is 14.8 Å². The van der Waals surface area contributed by atoms with E-state index in [1.807, 2.05) is 0 Å². The van der Waals surface area contributed by atoms with Crippen molar-refractivity contribution in [3.05, 3.63) is 24.3 Å². The summed E-state index contributed by atoms with van der Waals surface area (Å²) < 4.78 is 25.8. The Hall–Kier alpha value is -1.27. The Morgan fingerprint density at radius 2 is 1.54 bits per heavy atom. The van der Waals surface area contributed by atoms with Gasteiger partial charge in [0.15, 0.2) is 0 Å². The van der Waals surface area contributed by atoms with Gasteiger partial charge in [-0.15, -0.1) is 0 Å². The SMILES string of the molecule is CC(C)(C)S(=O)(=O)NCCCCCNc1ccc(N2CCCCC2)cc1. The third-order valence-corrected chi connectivity index (χ3v) is 7.07. The fourth-order valence-electron chi connectivity index (χ4n) is 3.02. The normalized spacial score (nSPS) is 15.9. The fraction of sp³-hybridized carbons (Fsp3) is 0.700. The van der Waals surface area contributed by atoms with Crippen molar-refractivity contribution < 1.29 is 8.42 Å². The van der Waals surface area contributed by atoms with Crippen LogP contribution in [0.5, 0.6) is 0 Å². The third-order valence-electron chi connectivity index (χ3n) is 4.87. The molecule has 1 aromatic rings. The molecule has 26 heavy (non-hydrogen) atoms. The summed E-state index contributed by atoms with van der Waals surface area (Å²) in [6.45, 7) is 8.93.